The van der Waals surface area contributed by atoms with E-state index in [1.807, 2.05) is 65.5 Å². The summed E-state index contributed by atoms with van der Waals surface area (Å²) in [7, 11) is 0. The minimum absolute atomic E-state index is 0.112. The molecular formula is C25H24N6O2. The van der Waals surface area contributed by atoms with Gasteiger partial charge in [-0.15, -0.1) is 0 Å². The van der Waals surface area contributed by atoms with Gasteiger partial charge in [-0.1, -0.05) is 18.2 Å². The van der Waals surface area contributed by atoms with Crippen molar-refractivity contribution < 1.29 is 9.53 Å². The number of para-hydroxylation sites is 1. The lowest BCUT2D eigenvalue weighted by Crippen LogP contribution is -2.33. The molecule has 166 valence electrons. The third-order valence-corrected chi connectivity index (χ3v) is 5.77. The maximum absolute atomic E-state index is 10.7. The van der Waals surface area contributed by atoms with Crippen molar-refractivity contribution in [3.63, 3.8) is 0 Å². The van der Waals surface area contributed by atoms with Crippen LogP contribution in [0.15, 0.2) is 73.2 Å². The zero-order chi connectivity index (χ0) is 22.6. The van der Waals surface area contributed by atoms with Crippen LogP contribution in [0.25, 0.3) is 22.3 Å². The number of allylic oxidation sites excluding steroid dienone is 1. The second-order valence-electron chi connectivity index (χ2n) is 7.96. The molecule has 2 N–H and O–H groups in total. The fourth-order valence-electron chi connectivity index (χ4n) is 4.23. The monoisotopic (exact) mass is 440 g/mol. The summed E-state index contributed by atoms with van der Waals surface area (Å²) in [5, 5.41) is 5.69. The largest absolute Gasteiger partial charge is 0.457 e. The highest BCUT2D eigenvalue weighted by Gasteiger charge is 2.25. The highest BCUT2D eigenvalue weighted by Crippen LogP contribution is 2.34. The second-order valence-corrected chi connectivity index (χ2v) is 7.96. The van der Waals surface area contributed by atoms with E-state index in [1.54, 1.807) is 0 Å². The number of aromatic nitrogens is 4. The predicted octanol–water partition coefficient (Wildman–Crippen LogP) is 4.22. The Morgan fingerprint density at radius 3 is 2.61 bits per heavy atom. The van der Waals surface area contributed by atoms with Gasteiger partial charge in [0.05, 0.1) is 11.4 Å². The molecule has 2 aromatic heterocycles. The Morgan fingerprint density at radius 2 is 1.82 bits per heavy atom. The van der Waals surface area contributed by atoms with Crippen LogP contribution in [0.5, 0.6) is 11.5 Å². The highest BCUT2D eigenvalue weighted by atomic mass is 16.5. The highest BCUT2D eigenvalue weighted by molar-refractivity contribution is 5.98. The first-order valence-electron chi connectivity index (χ1n) is 10.9. The number of carbonyl (C=O) groups is 1. The summed E-state index contributed by atoms with van der Waals surface area (Å²) < 4.78 is 7.87. The van der Waals surface area contributed by atoms with Crippen molar-refractivity contribution in [2.45, 2.75) is 18.9 Å². The molecule has 2 aromatic carbocycles. The molecule has 33 heavy (non-hydrogen) atoms. The molecule has 1 fully saturated rings. The zero-order valence-corrected chi connectivity index (χ0v) is 18.0. The van der Waals surface area contributed by atoms with E-state index < -0.39 is 0 Å². The van der Waals surface area contributed by atoms with Gasteiger partial charge in [0.2, 0.25) is 0 Å². The van der Waals surface area contributed by atoms with Crippen LogP contribution in [0.3, 0.4) is 0 Å². The van der Waals surface area contributed by atoms with E-state index in [2.05, 4.69) is 14.9 Å². The maximum atomic E-state index is 10.7. The average Bonchev–Trinajstić information content (AvgIpc) is 3.25. The lowest BCUT2D eigenvalue weighted by atomic mass is 10.1. The number of hydrogen-bond donors (Lipinski definition) is 1. The number of fused-ring (bicyclic) bond motifs is 1. The van der Waals surface area contributed by atoms with Gasteiger partial charge in [-0.05, 0) is 55.3 Å². The third kappa shape index (κ3) is 4.27. The van der Waals surface area contributed by atoms with E-state index in [0.717, 1.165) is 60.4 Å². The minimum atomic E-state index is 0.112. The Kier molecular flexibility index (Phi) is 5.72. The van der Waals surface area contributed by atoms with E-state index in [1.165, 1.54) is 12.4 Å². The predicted molar refractivity (Wildman–Crippen MR) is 127 cm³/mol. The smallest absolute Gasteiger partial charge is 0.164 e. The molecule has 3 heterocycles. The van der Waals surface area contributed by atoms with Gasteiger partial charge in [0.25, 0.3) is 0 Å². The normalized spacial score (nSPS) is 16.4. The van der Waals surface area contributed by atoms with Crippen molar-refractivity contribution in [1.29, 1.82) is 0 Å². The van der Waals surface area contributed by atoms with Crippen LogP contribution in [0.1, 0.15) is 18.9 Å². The molecule has 1 saturated heterocycles. The summed E-state index contributed by atoms with van der Waals surface area (Å²) in [6.07, 6.45) is 7.59. The fourth-order valence-corrected chi connectivity index (χ4v) is 4.23. The molecule has 0 spiro atoms. The van der Waals surface area contributed by atoms with Crippen LogP contribution >= 0.6 is 0 Å². The van der Waals surface area contributed by atoms with Crippen LogP contribution in [-0.2, 0) is 4.79 Å². The molecule has 0 saturated carbocycles. The summed E-state index contributed by atoms with van der Waals surface area (Å²) in [6, 6.07) is 17.5. The Bertz CT molecular complexity index is 1280. The number of aldehydes is 1. The Balaban J connectivity index is 1.49. The van der Waals surface area contributed by atoms with E-state index in [0.29, 0.717) is 11.5 Å². The van der Waals surface area contributed by atoms with Crippen molar-refractivity contribution in [1.82, 2.24) is 24.6 Å². The number of likely N-dealkylation sites (tertiary alicyclic amines) is 1. The number of anilines is 1. The molecule has 4 aromatic rings. The van der Waals surface area contributed by atoms with Crippen LogP contribution in [0.4, 0.5) is 5.82 Å². The third-order valence-electron chi connectivity index (χ3n) is 5.77. The van der Waals surface area contributed by atoms with Gasteiger partial charge in [-0.3, -0.25) is 4.79 Å². The molecular weight excluding hydrogens is 416 g/mol. The topological polar surface area (TPSA) is 99.2 Å². The molecule has 1 aliphatic rings. The van der Waals surface area contributed by atoms with E-state index in [-0.39, 0.29) is 6.04 Å². The Labute approximate surface area is 191 Å². The zero-order valence-electron chi connectivity index (χ0n) is 18.0. The molecule has 5 rings (SSSR count). The van der Waals surface area contributed by atoms with Gasteiger partial charge < -0.3 is 15.4 Å². The molecule has 0 bridgehead atoms. The minimum Gasteiger partial charge on any atom is -0.457 e. The number of ether oxygens (including phenoxy) is 1. The number of hydrogen-bond acceptors (Lipinski definition) is 7. The van der Waals surface area contributed by atoms with Crippen LogP contribution in [0.2, 0.25) is 0 Å². The Morgan fingerprint density at radius 1 is 1.03 bits per heavy atom. The first-order valence-corrected chi connectivity index (χ1v) is 10.9. The number of piperidine rings is 1. The first-order chi connectivity index (χ1) is 16.2. The van der Waals surface area contributed by atoms with E-state index in [4.69, 9.17) is 15.6 Å². The molecule has 1 atom stereocenters. The number of nitrogens with two attached hydrogens (primary N) is 1. The molecule has 1 aliphatic heterocycles. The van der Waals surface area contributed by atoms with Gasteiger partial charge in [-0.2, -0.15) is 5.10 Å². The van der Waals surface area contributed by atoms with Crippen molar-refractivity contribution in [2.24, 2.45) is 0 Å². The molecule has 0 radical (unpaired) electrons. The number of rotatable bonds is 6. The van der Waals surface area contributed by atoms with Crippen molar-refractivity contribution in [3.8, 4) is 22.8 Å². The standard InChI is InChI=1S/C25H24N6O2/c26-24-22-23(18-9-11-21(12-10-18)33-20-7-2-1-3-8-20)29-31(25(22)28-17-27-24)19-6-4-13-30(16-19)14-5-15-32/h1-3,5,7-12,14-15,17,19H,4,6,13,16H2,(H2,26,27,28)/t19-/m1/s1. The van der Waals surface area contributed by atoms with Gasteiger partial charge in [0, 0.05) is 24.9 Å². The van der Waals surface area contributed by atoms with Crippen molar-refractivity contribution in [2.75, 3.05) is 18.8 Å². The molecule has 0 amide bonds. The first kappa shape index (κ1) is 20.7. The van der Waals surface area contributed by atoms with Crippen LogP contribution in [0, 0.1) is 0 Å². The summed E-state index contributed by atoms with van der Waals surface area (Å²) in [4.78, 5) is 21.6. The van der Waals surface area contributed by atoms with Gasteiger partial charge in [-0.25, -0.2) is 14.6 Å². The SMILES string of the molecule is Nc1ncnc2c1c(-c1ccc(Oc3ccccc3)cc1)nn2[C@@H]1CCCN(C=CC=O)C1. The number of benzene rings is 2. The van der Waals surface area contributed by atoms with E-state index in [9.17, 15) is 4.79 Å². The summed E-state index contributed by atoms with van der Waals surface area (Å²) >= 11 is 0. The average molecular weight is 441 g/mol. The van der Waals surface area contributed by atoms with Crippen LogP contribution < -0.4 is 10.5 Å². The molecule has 8 nitrogen and oxygen atoms in total. The van der Waals surface area contributed by atoms with Gasteiger partial charge in [0.15, 0.2) is 5.65 Å². The number of nitrogen functional groups attached to an aromatic ring is 1. The van der Waals surface area contributed by atoms with Crippen molar-refractivity contribution >= 4 is 23.1 Å². The van der Waals surface area contributed by atoms with Gasteiger partial charge >= 0.3 is 0 Å². The van der Waals surface area contributed by atoms with Crippen molar-refractivity contribution in [3.05, 3.63) is 73.2 Å². The van der Waals surface area contributed by atoms with Crippen LogP contribution in [-0.4, -0.2) is 44.0 Å². The second kappa shape index (κ2) is 9.12. The summed E-state index contributed by atoms with van der Waals surface area (Å²) in [5.74, 6) is 1.92. The number of nitrogens with zero attached hydrogens (tertiary/aromatic N) is 5. The molecule has 0 aliphatic carbocycles. The molecule has 8 heteroatoms. The lowest BCUT2D eigenvalue weighted by Gasteiger charge is -2.31. The number of carbonyl (C=O) groups excluding carboxylic acids is 1. The molecule has 0 unspecified atom stereocenters. The fraction of sp³-hybridized carbons (Fsp3) is 0.200. The summed E-state index contributed by atoms with van der Waals surface area (Å²) in [6.45, 7) is 1.65. The quantitative estimate of drug-likeness (QED) is 0.354. The summed E-state index contributed by atoms with van der Waals surface area (Å²) in [5.41, 5.74) is 8.65. The lowest BCUT2D eigenvalue weighted by molar-refractivity contribution is -0.104. The Hall–Kier alpha value is -4.20. The van der Waals surface area contributed by atoms with Gasteiger partial charge in [0.1, 0.15) is 35.6 Å². The maximum Gasteiger partial charge on any atom is 0.164 e. The van der Waals surface area contributed by atoms with E-state index >= 15 is 0 Å².